The lowest BCUT2D eigenvalue weighted by Gasteiger charge is -2.20. The zero-order chi connectivity index (χ0) is 28.1. The Labute approximate surface area is 233 Å². The van der Waals surface area contributed by atoms with E-state index >= 15 is 0 Å². The van der Waals surface area contributed by atoms with Crippen molar-refractivity contribution in [2.45, 2.75) is 78.4 Å². The summed E-state index contributed by atoms with van der Waals surface area (Å²) in [6.07, 6.45) is 7.06. The van der Waals surface area contributed by atoms with Crippen LogP contribution in [-0.4, -0.2) is 35.7 Å². The van der Waals surface area contributed by atoms with Crippen molar-refractivity contribution in [3.63, 3.8) is 0 Å². The molecule has 0 unspecified atom stereocenters. The normalized spacial score (nSPS) is 14.2. The van der Waals surface area contributed by atoms with E-state index in [0.717, 1.165) is 58.9 Å². The number of nitrogens with one attached hydrogen (secondary N) is 1. The van der Waals surface area contributed by atoms with Crippen LogP contribution in [0.4, 0.5) is 4.39 Å². The predicted octanol–water partition coefficient (Wildman–Crippen LogP) is 6.21. The van der Waals surface area contributed by atoms with E-state index in [9.17, 15) is 14.0 Å². The molecule has 2 heterocycles. The molecule has 0 aliphatic heterocycles. The molecular formula is C31H37FN6O2. The van der Waals surface area contributed by atoms with Crippen molar-refractivity contribution in [1.29, 1.82) is 0 Å². The number of nitrogens with zero attached hydrogens (tertiary/aromatic N) is 5. The van der Waals surface area contributed by atoms with Gasteiger partial charge in [0.2, 0.25) is 5.91 Å². The number of rotatable bonds is 10. The molecule has 1 N–H and O–H groups in total. The largest absolute Gasteiger partial charge is 0.335 e. The molecule has 0 bridgehead atoms. The summed E-state index contributed by atoms with van der Waals surface area (Å²) in [5.41, 5.74) is 4.16. The number of hydrogen-bond donors (Lipinski definition) is 1. The quantitative estimate of drug-likeness (QED) is 0.256. The summed E-state index contributed by atoms with van der Waals surface area (Å²) >= 11 is 0. The molecule has 9 heteroatoms. The second-order valence-electron chi connectivity index (χ2n) is 11.3. The molecule has 4 aromatic rings. The number of imidazole rings is 1. The van der Waals surface area contributed by atoms with E-state index in [4.69, 9.17) is 0 Å². The fourth-order valence-electron chi connectivity index (χ4n) is 5.81. The zero-order valence-corrected chi connectivity index (χ0v) is 23.3. The number of tetrazole rings is 1. The van der Waals surface area contributed by atoms with E-state index in [1.807, 2.05) is 48.5 Å². The van der Waals surface area contributed by atoms with Crippen molar-refractivity contribution in [1.82, 2.24) is 29.8 Å². The van der Waals surface area contributed by atoms with E-state index in [1.165, 1.54) is 6.42 Å². The van der Waals surface area contributed by atoms with Crippen LogP contribution in [0.1, 0.15) is 80.5 Å². The maximum atomic E-state index is 14.5. The Morgan fingerprint density at radius 2 is 1.75 bits per heavy atom. The van der Waals surface area contributed by atoms with Gasteiger partial charge in [-0.2, -0.15) is 0 Å². The molecule has 1 fully saturated rings. The Kier molecular flexibility index (Phi) is 8.67. The predicted molar refractivity (Wildman–Crippen MR) is 153 cm³/mol. The van der Waals surface area contributed by atoms with E-state index in [1.54, 1.807) is 4.57 Å². The van der Waals surface area contributed by atoms with Crippen LogP contribution in [0.3, 0.4) is 0 Å². The van der Waals surface area contributed by atoms with Gasteiger partial charge in [-0.05, 0) is 64.6 Å². The Morgan fingerprint density at radius 3 is 2.40 bits per heavy atom. The highest BCUT2D eigenvalue weighted by Gasteiger charge is 2.26. The smallest absolute Gasteiger partial charge is 0.291 e. The van der Waals surface area contributed by atoms with Crippen LogP contribution in [0, 0.1) is 11.8 Å². The Bertz CT molecular complexity index is 1480. The maximum Gasteiger partial charge on any atom is 0.335 e. The Morgan fingerprint density at radius 1 is 1.02 bits per heavy atom. The van der Waals surface area contributed by atoms with Crippen LogP contribution in [0.15, 0.2) is 53.3 Å². The van der Waals surface area contributed by atoms with Gasteiger partial charge in [0, 0.05) is 17.7 Å². The second kappa shape index (κ2) is 12.5. The van der Waals surface area contributed by atoms with Crippen LogP contribution in [0.2, 0.25) is 0 Å². The first-order valence-corrected chi connectivity index (χ1v) is 14.3. The minimum Gasteiger partial charge on any atom is -0.291 e. The first kappa shape index (κ1) is 27.7. The minimum absolute atomic E-state index is 0.220. The average Bonchev–Trinajstić information content (AvgIpc) is 3.60. The molecule has 2 aromatic carbocycles. The summed E-state index contributed by atoms with van der Waals surface area (Å²) in [7, 11) is 0. The summed E-state index contributed by atoms with van der Waals surface area (Å²) in [6.45, 7) is 3.65. The van der Waals surface area contributed by atoms with Gasteiger partial charge < -0.3 is 0 Å². The zero-order valence-electron chi connectivity index (χ0n) is 23.3. The van der Waals surface area contributed by atoms with Gasteiger partial charge in [-0.15, -0.1) is 5.10 Å². The summed E-state index contributed by atoms with van der Waals surface area (Å²) in [5.74, 6) is 0.962. The number of H-pyrrole nitrogens is 1. The summed E-state index contributed by atoms with van der Waals surface area (Å²) in [5, 5.41) is 14.2. The third-order valence-electron chi connectivity index (χ3n) is 8.01. The SMILES string of the molecule is CC(C)CCc1c(CF)n(C(=O)CC2CCCCC2)c(=O)n1Cc1ccc(-c2ccccc2-c2nnn[nH]2)cc1. The molecule has 1 saturated carbocycles. The standard InChI is InChI=1S/C31H37FN6O2/c1-21(2)12-17-27-28(19-32)38(29(39)18-22-8-4-3-5-9-22)31(40)37(27)20-23-13-15-24(16-14-23)25-10-6-7-11-26(25)30-33-35-36-34-30/h6-7,10-11,13-16,21-22H,3-5,8-9,12,17-20H2,1-2H3,(H,33,34,35,36). The highest BCUT2D eigenvalue weighted by atomic mass is 19.1. The lowest BCUT2D eigenvalue weighted by atomic mass is 9.87. The van der Waals surface area contributed by atoms with Crippen LogP contribution in [-0.2, 0) is 19.6 Å². The van der Waals surface area contributed by atoms with Gasteiger partial charge in [0.25, 0.3) is 0 Å². The maximum absolute atomic E-state index is 14.5. The third kappa shape index (κ3) is 5.98. The minimum atomic E-state index is -0.835. The van der Waals surface area contributed by atoms with Gasteiger partial charge in [0.1, 0.15) is 6.67 Å². The first-order valence-electron chi connectivity index (χ1n) is 14.3. The number of aromatic nitrogens is 6. The van der Waals surface area contributed by atoms with E-state index < -0.39 is 12.4 Å². The summed E-state index contributed by atoms with van der Waals surface area (Å²) in [6, 6.07) is 15.8. The van der Waals surface area contributed by atoms with E-state index in [2.05, 4.69) is 34.5 Å². The molecule has 0 amide bonds. The molecule has 40 heavy (non-hydrogen) atoms. The van der Waals surface area contributed by atoms with Crippen molar-refractivity contribution < 1.29 is 9.18 Å². The van der Waals surface area contributed by atoms with Crippen LogP contribution in [0.25, 0.3) is 22.5 Å². The fourth-order valence-corrected chi connectivity index (χ4v) is 5.81. The average molecular weight is 545 g/mol. The molecule has 0 radical (unpaired) electrons. The molecular weight excluding hydrogens is 507 g/mol. The lowest BCUT2D eigenvalue weighted by Crippen LogP contribution is -2.31. The van der Waals surface area contributed by atoms with Gasteiger partial charge in [0.15, 0.2) is 5.82 Å². The molecule has 1 aliphatic rings. The molecule has 210 valence electrons. The molecule has 0 atom stereocenters. The fraction of sp³-hybridized carbons (Fsp3) is 0.452. The lowest BCUT2D eigenvalue weighted by molar-refractivity contribution is 0.0857. The number of halogens is 1. The second-order valence-corrected chi connectivity index (χ2v) is 11.3. The monoisotopic (exact) mass is 544 g/mol. The number of hydrogen-bond acceptors (Lipinski definition) is 5. The van der Waals surface area contributed by atoms with Crippen molar-refractivity contribution in [2.75, 3.05) is 0 Å². The van der Waals surface area contributed by atoms with Gasteiger partial charge in [-0.1, -0.05) is 81.6 Å². The number of carbonyl (C=O) groups excluding carboxylic acids is 1. The van der Waals surface area contributed by atoms with Crippen LogP contribution < -0.4 is 5.69 Å². The Hall–Kier alpha value is -3.88. The van der Waals surface area contributed by atoms with Crippen molar-refractivity contribution in [2.24, 2.45) is 11.8 Å². The van der Waals surface area contributed by atoms with Crippen molar-refractivity contribution in [3.8, 4) is 22.5 Å². The highest BCUT2D eigenvalue weighted by molar-refractivity contribution is 5.81. The van der Waals surface area contributed by atoms with Gasteiger partial charge in [-0.25, -0.2) is 18.9 Å². The number of carbonyl (C=O) groups is 1. The molecule has 1 aliphatic carbocycles. The highest BCUT2D eigenvalue weighted by Crippen LogP contribution is 2.30. The van der Waals surface area contributed by atoms with Gasteiger partial charge in [0.05, 0.1) is 12.2 Å². The van der Waals surface area contributed by atoms with Crippen LogP contribution >= 0.6 is 0 Å². The third-order valence-corrected chi connectivity index (χ3v) is 8.01. The topological polar surface area (TPSA) is 98.5 Å². The van der Waals surface area contributed by atoms with E-state index in [-0.39, 0.29) is 24.1 Å². The van der Waals surface area contributed by atoms with Crippen molar-refractivity contribution >= 4 is 5.91 Å². The summed E-state index contributed by atoms with van der Waals surface area (Å²) in [4.78, 5) is 27.0. The van der Waals surface area contributed by atoms with Crippen molar-refractivity contribution in [3.05, 3.63) is 76.0 Å². The number of aromatic amines is 1. The Balaban J connectivity index is 1.45. The summed E-state index contributed by atoms with van der Waals surface area (Å²) < 4.78 is 17.2. The molecule has 0 spiro atoms. The number of alkyl halides is 1. The number of benzene rings is 2. The van der Waals surface area contributed by atoms with Gasteiger partial charge >= 0.3 is 5.69 Å². The van der Waals surface area contributed by atoms with E-state index in [0.29, 0.717) is 30.3 Å². The van der Waals surface area contributed by atoms with Gasteiger partial charge in [-0.3, -0.25) is 9.36 Å². The molecule has 2 aromatic heterocycles. The molecule has 0 saturated heterocycles. The van der Waals surface area contributed by atoms with Crippen LogP contribution in [0.5, 0.6) is 0 Å². The first-order chi connectivity index (χ1) is 19.5. The molecule has 5 rings (SSSR count). The molecule has 8 nitrogen and oxygen atoms in total.